The van der Waals surface area contributed by atoms with Gasteiger partial charge in [-0.2, -0.15) is 0 Å². The molecule has 1 heterocycles. The Morgan fingerprint density at radius 2 is 2.10 bits per heavy atom. The minimum absolute atomic E-state index is 0.331. The van der Waals surface area contributed by atoms with Crippen molar-refractivity contribution in [2.75, 3.05) is 19.6 Å². The van der Waals surface area contributed by atoms with Gasteiger partial charge in [0.15, 0.2) is 0 Å². The summed E-state index contributed by atoms with van der Waals surface area (Å²) in [7, 11) is 0. The summed E-state index contributed by atoms with van der Waals surface area (Å²) >= 11 is 0. The van der Waals surface area contributed by atoms with Gasteiger partial charge in [-0.3, -0.25) is 4.90 Å². The molecule has 0 aromatic rings. The normalized spacial score (nSPS) is 25.4. The lowest BCUT2D eigenvalue weighted by Crippen LogP contribution is -2.52. The number of nitrogens with one attached hydrogen (secondary N) is 1. The predicted octanol–water partition coefficient (Wildman–Crippen LogP) is 2.35. The first-order chi connectivity index (χ1) is 9.74. The minimum Gasteiger partial charge on any atom is -0.444 e. The summed E-state index contributed by atoms with van der Waals surface area (Å²) in [6.07, 6.45) is 3.05. The summed E-state index contributed by atoms with van der Waals surface area (Å²) in [5.74, 6) is 0.714. The third kappa shape index (κ3) is 6.22. The molecule has 0 spiro atoms. The van der Waals surface area contributed by atoms with Crippen LogP contribution in [-0.4, -0.2) is 48.3 Å². The number of carbonyl (C=O) groups is 1. The molecule has 21 heavy (non-hydrogen) atoms. The molecule has 1 fully saturated rings. The van der Waals surface area contributed by atoms with E-state index < -0.39 is 5.60 Å². The fourth-order valence-electron chi connectivity index (χ4n) is 2.96. The van der Waals surface area contributed by atoms with Gasteiger partial charge in [-0.05, 0) is 59.4 Å². The van der Waals surface area contributed by atoms with Crippen LogP contribution in [0.3, 0.4) is 0 Å². The molecule has 3 atom stereocenters. The number of rotatable bonds is 5. The van der Waals surface area contributed by atoms with Crippen molar-refractivity contribution in [1.82, 2.24) is 10.2 Å². The van der Waals surface area contributed by atoms with E-state index in [0.29, 0.717) is 31.1 Å². The van der Waals surface area contributed by atoms with Crippen LogP contribution in [-0.2, 0) is 4.74 Å². The summed E-state index contributed by atoms with van der Waals surface area (Å²) < 4.78 is 5.24. The van der Waals surface area contributed by atoms with Crippen molar-refractivity contribution in [2.45, 2.75) is 71.6 Å². The number of amides is 1. The van der Waals surface area contributed by atoms with Crippen molar-refractivity contribution in [3.63, 3.8) is 0 Å². The van der Waals surface area contributed by atoms with E-state index in [0.717, 1.165) is 13.0 Å². The van der Waals surface area contributed by atoms with Gasteiger partial charge in [-0.15, -0.1) is 0 Å². The first-order valence-electron chi connectivity index (χ1n) is 8.17. The number of hydrogen-bond acceptors (Lipinski definition) is 4. The Hall–Kier alpha value is -0.810. The Labute approximate surface area is 129 Å². The SMILES string of the molecule is CC1CCCN(C(CN)CCNC(=O)OC(C)(C)C)C1C. The highest BCUT2D eigenvalue weighted by atomic mass is 16.6. The molecule has 124 valence electrons. The van der Waals surface area contributed by atoms with Gasteiger partial charge in [0.25, 0.3) is 0 Å². The smallest absolute Gasteiger partial charge is 0.407 e. The van der Waals surface area contributed by atoms with Gasteiger partial charge >= 0.3 is 6.09 Å². The third-order valence-electron chi connectivity index (χ3n) is 4.31. The highest BCUT2D eigenvalue weighted by Crippen LogP contribution is 2.25. The zero-order valence-electron chi connectivity index (χ0n) is 14.3. The lowest BCUT2D eigenvalue weighted by Gasteiger charge is -2.42. The fraction of sp³-hybridized carbons (Fsp3) is 0.938. The summed E-state index contributed by atoms with van der Waals surface area (Å²) in [6.45, 7) is 12.5. The molecule has 0 aromatic heterocycles. The van der Waals surface area contributed by atoms with E-state index in [1.165, 1.54) is 12.8 Å². The van der Waals surface area contributed by atoms with E-state index in [9.17, 15) is 4.79 Å². The molecule has 0 aliphatic carbocycles. The second-order valence-corrected chi connectivity index (χ2v) is 7.20. The van der Waals surface area contributed by atoms with Crippen molar-refractivity contribution in [3.8, 4) is 0 Å². The monoisotopic (exact) mass is 299 g/mol. The van der Waals surface area contributed by atoms with Crippen LogP contribution in [0.2, 0.25) is 0 Å². The number of ether oxygens (including phenoxy) is 1. The van der Waals surface area contributed by atoms with Gasteiger partial charge in [0, 0.05) is 25.2 Å². The van der Waals surface area contributed by atoms with Crippen LogP contribution < -0.4 is 11.1 Å². The molecule has 0 radical (unpaired) electrons. The molecule has 0 bridgehead atoms. The zero-order valence-corrected chi connectivity index (χ0v) is 14.3. The lowest BCUT2D eigenvalue weighted by atomic mass is 9.90. The molecule has 1 saturated heterocycles. The van der Waals surface area contributed by atoms with Gasteiger partial charge < -0.3 is 15.8 Å². The van der Waals surface area contributed by atoms with Crippen molar-refractivity contribution < 1.29 is 9.53 Å². The predicted molar refractivity (Wildman–Crippen MR) is 86.3 cm³/mol. The maximum atomic E-state index is 11.6. The standard InChI is InChI=1S/C16H33N3O2/c1-12-7-6-10-19(13(12)2)14(11-17)8-9-18-15(20)21-16(3,4)5/h12-14H,6-11,17H2,1-5H3,(H,18,20). The number of likely N-dealkylation sites (tertiary alicyclic amines) is 1. The average molecular weight is 299 g/mol. The second-order valence-electron chi connectivity index (χ2n) is 7.20. The van der Waals surface area contributed by atoms with Crippen LogP contribution in [0.1, 0.15) is 53.9 Å². The molecule has 1 aliphatic heterocycles. The van der Waals surface area contributed by atoms with Crippen molar-refractivity contribution in [3.05, 3.63) is 0 Å². The van der Waals surface area contributed by atoms with Gasteiger partial charge in [0.1, 0.15) is 5.60 Å². The largest absolute Gasteiger partial charge is 0.444 e. The van der Waals surface area contributed by atoms with E-state index in [1.807, 2.05) is 20.8 Å². The maximum absolute atomic E-state index is 11.6. The molecule has 1 aliphatic rings. The van der Waals surface area contributed by atoms with Gasteiger partial charge in [-0.1, -0.05) is 6.92 Å². The first-order valence-corrected chi connectivity index (χ1v) is 8.17. The van der Waals surface area contributed by atoms with Crippen LogP contribution in [0.25, 0.3) is 0 Å². The molecule has 0 saturated carbocycles. The highest BCUT2D eigenvalue weighted by Gasteiger charge is 2.29. The van der Waals surface area contributed by atoms with Crippen LogP contribution in [0.15, 0.2) is 0 Å². The Morgan fingerprint density at radius 3 is 2.67 bits per heavy atom. The molecular weight excluding hydrogens is 266 g/mol. The number of hydrogen-bond donors (Lipinski definition) is 2. The Bertz CT molecular complexity index is 328. The number of piperidine rings is 1. The second kappa shape index (κ2) is 7.99. The quantitative estimate of drug-likeness (QED) is 0.817. The minimum atomic E-state index is -0.450. The van der Waals surface area contributed by atoms with Gasteiger partial charge in [-0.25, -0.2) is 4.79 Å². The Morgan fingerprint density at radius 1 is 1.43 bits per heavy atom. The van der Waals surface area contributed by atoms with E-state index in [1.54, 1.807) is 0 Å². The van der Waals surface area contributed by atoms with Crippen molar-refractivity contribution in [2.24, 2.45) is 11.7 Å². The molecule has 0 aromatic carbocycles. The molecule has 1 amide bonds. The summed E-state index contributed by atoms with van der Waals surface area (Å²) in [5, 5.41) is 2.83. The molecule has 5 nitrogen and oxygen atoms in total. The number of nitrogens with two attached hydrogens (primary N) is 1. The van der Waals surface area contributed by atoms with Crippen molar-refractivity contribution in [1.29, 1.82) is 0 Å². The van der Waals surface area contributed by atoms with Crippen LogP contribution in [0.5, 0.6) is 0 Å². The van der Waals surface area contributed by atoms with Crippen LogP contribution in [0.4, 0.5) is 4.79 Å². The number of nitrogens with zero attached hydrogens (tertiary/aromatic N) is 1. The first kappa shape index (κ1) is 18.2. The average Bonchev–Trinajstić information content (AvgIpc) is 2.36. The topological polar surface area (TPSA) is 67.6 Å². The third-order valence-corrected chi connectivity index (χ3v) is 4.31. The Kier molecular flexibility index (Phi) is 6.94. The van der Waals surface area contributed by atoms with E-state index >= 15 is 0 Å². The Balaban J connectivity index is 2.39. The highest BCUT2D eigenvalue weighted by molar-refractivity contribution is 5.67. The lowest BCUT2D eigenvalue weighted by molar-refractivity contribution is 0.0494. The summed E-state index contributed by atoms with van der Waals surface area (Å²) in [4.78, 5) is 14.1. The summed E-state index contributed by atoms with van der Waals surface area (Å²) in [5.41, 5.74) is 5.49. The maximum Gasteiger partial charge on any atom is 0.407 e. The van der Waals surface area contributed by atoms with Gasteiger partial charge in [0.05, 0.1) is 0 Å². The molecular formula is C16H33N3O2. The van der Waals surface area contributed by atoms with E-state index in [2.05, 4.69) is 24.1 Å². The van der Waals surface area contributed by atoms with Gasteiger partial charge in [0.2, 0.25) is 0 Å². The van der Waals surface area contributed by atoms with E-state index in [-0.39, 0.29) is 6.09 Å². The van der Waals surface area contributed by atoms with E-state index in [4.69, 9.17) is 10.5 Å². The van der Waals surface area contributed by atoms with Crippen molar-refractivity contribution >= 4 is 6.09 Å². The molecule has 5 heteroatoms. The molecule has 3 unspecified atom stereocenters. The summed E-state index contributed by atoms with van der Waals surface area (Å²) in [6, 6.07) is 0.895. The molecule has 3 N–H and O–H groups in total. The number of alkyl carbamates (subject to hydrolysis) is 1. The molecule has 1 rings (SSSR count). The zero-order chi connectivity index (χ0) is 16.0. The van der Waals surface area contributed by atoms with Crippen LogP contribution >= 0.6 is 0 Å². The fourth-order valence-corrected chi connectivity index (χ4v) is 2.96. The van der Waals surface area contributed by atoms with Crippen LogP contribution in [0, 0.1) is 5.92 Å². The number of carbonyl (C=O) groups excluding carboxylic acids is 1.